The molecular formula is C50H31N. The van der Waals surface area contributed by atoms with Crippen molar-refractivity contribution in [2.75, 3.05) is 0 Å². The first kappa shape index (κ1) is 28.3. The Kier molecular flexibility index (Phi) is 5.94. The lowest BCUT2D eigenvalue weighted by molar-refractivity contribution is 0.797. The van der Waals surface area contributed by atoms with Gasteiger partial charge in [0.1, 0.15) is 0 Å². The highest BCUT2D eigenvalue weighted by atomic mass is 14.7. The largest absolute Gasteiger partial charge is 0.248 e. The molecule has 0 unspecified atom stereocenters. The number of fused-ring (bicyclic) bond motifs is 7. The Hall–Kier alpha value is -6.57. The van der Waals surface area contributed by atoms with E-state index in [2.05, 4.69) is 188 Å². The second-order valence-corrected chi connectivity index (χ2v) is 13.8. The van der Waals surface area contributed by atoms with Gasteiger partial charge in [-0.15, -0.1) is 0 Å². The zero-order valence-corrected chi connectivity index (χ0v) is 27.8. The van der Waals surface area contributed by atoms with Crippen LogP contribution in [0.3, 0.4) is 0 Å². The minimum absolute atomic E-state index is 0.397. The maximum Gasteiger partial charge on any atom is 0.0726 e. The van der Waals surface area contributed by atoms with Gasteiger partial charge in [0, 0.05) is 11.1 Å². The van der Waals surface area contributed by atoms with Crippen molar-refractivity contribution in [1.29, 1.82) is 0 Å². The summed E-state index contributed by atoms with van der Waals surface area (Å²) in [6.45, 7) is 0. The van der Waals surface area contributed by atoms with Gasteiger partial charge < -0.3 is 0 Å². The quantitative estimate of drug-likeness (QED) is 0.174. The van der Waals surface area contributed by atoms with E-state index in [1.54, 1.807) is 0 Å². The van der Waals surface area contributed by atoms with Crippen LogP contribution in [0.2, 0.25) is 0 Å². The van der Waals surface area contributed by atoms with Gasteiger partial charge >= 0.3 is 0 Å². The summed E-state index contributed by atoms with van der Waals surface area (Å²) in [4.78, 5) is 5.37. The standard InChI is InChI=1S/C50H31N/c1-3-14-32(15-4-1)36-30-45(33-16-5-2-6-17-33)51-46(31-36)38-21-8-7-20-37(38)39-23-13-27-44-49(39)40-22-9-10-24-41(40)50(44)42-25-11-18-34-28-29-35-19-12-26-43(50)48(35)47(34)42/h1-31H. The first-order valence-electron chi connectivity index (χ1n) is 17.7. The average Bonchev–Trinajstić information content (AvgIpc) is 3.69. The maximum absolute atomic E-state index is 5.37. The molecule has 11 rings (SSSR count). The SMILES string of the molecule is c1ccc(-c2cc(-c3ccccc3)nc(-c3ccccc3-c3cccc4c3-c3ccccc3C43c4cccc5ccc6cccc3c6c45)c2)cc1. The molecule has 1 aromatic heterocycles. The van der Waals surface area contributed by atoms with Crippen molar-refractivity contribution >= 4 is 21.5 Å². The Balaban J connectivity index is 1.19. The molecule has 0 aliphatic heterocycles. The Morgan fingerprint density at radius 2 is 0.824 bits per heavy atom. The van der Waals surface area contributed by atoms with E-state index in [1.807, 2.05) is 0 Å². The second kappa shape index (κ2) is 10.7. The molecule has 0 saturated heterocycles. The summed E-state index contributed by atoms with van der Waals surface area (Å²) in [5.41, 5.74) is 16.6. The van der Waals surface area contributed by atoms with Crippen molar-refractivity contribution in [2.45, 2.75) is 5.41 Å². The van der Waals surface area contributed by atoms with E-state index in [0.717, 1.165) is 28.1 Å². The Morgan fingerprint density at radius 1 is 0.314 bits per heavy atom. The van der Waals surface area contributed by atoms with Gasteiger partial charge in [0.05, 0.1) is 16.8 Å². The molecule has 0 atom stereocenters. The predicted octanol–water partition coefficient (Wildman–Crippen LogP) is 12.7. The van der Waals surface area contributed by atoms with Gasteiger partial charge in [0.25, 0.3) is 0 Å². The van der Waals surface area contributed by atoms with Gasteiger partial charge in [-0.1, -0.05) is 176 Å². The number of nitrogens with zero attached hydrogens (tertiary/aromatic N) is 1. The highest BCUT2D eigenvalue weighted by Gasteiger charge is 2.51. The van der Waals surface area contributed by atoms with Gasteiger partial charge in [0.15, 0.2) is 0 Å². The molecule has 0 bridgehead atoms. The molecule has 0 fully saturated rings. The van der Waals surface area contributed by atoms with Gasteiger partial charge in [-0.05, 0) is 89.3 Å². The van der Waals surface area contributed by atoms with E-state index in [-0.39, 0.29) is 0 Å². The van der Waals surface area contributed by atoms with Crippen LogP contribution in [-0.4, -0.2) is 4.98 Å². The fourth-order valence-corrected chi connectivity index (χ4v) is 9.22. The monoisotopic (exact) mass is 645 g/mol. The van der Waals surface area contributed by atoms with Crippen LogP contribution in [0.25, 0.3) is 77.4 Å². The summed E-state index contributed by atoms with van der Waals surface area (Å²) in [6, 6.07) is 68.9. The van der Waals surface area contributed by atoms with Crippen LogP contribution in [0.1, 0.15) is 22.3 Å². The molecule has 51 heavy (non-hydrogen) atoms. The molecule has 8 aromatic carbocycles. The number of rotatable bonds is 4. The summed E-state index contributed by atoms with van der Waals surface area (Å²) >= 11 is 0. The lowest BCUT2D eigenvalue weighted by atomic mass is 9.70. The maximum atomic E-state index is 5.37. The third kappa shape index (κ3) is 3.89. The number of hydrogen-bond acceptors (Lipinski definition) is 1. The lowest BCUT2D eigenvalue weighted by Crippen LogP contribution is -2.26. The number of aromatic nitrogens is 1. The molecule has 1 spiro atoms. The second-order valence-electron chi connectivity index (χ2n) is 13.8. The van der Waals surface area contributed by atoms with E-state index >= 15 is 0 Å². The fraction of sp³-hybridized carbons (Fsp3) is 0.0200. The van der Waals surface area contributed by atoms with Crippen molar-refractivity contribution in [1.82, 2.24) is 4.98 Å². The molecule has 1 heterocycles. The average molecular weight is 646 g/mol. The van der Waals surface area contributed by atoms with Gasteiger partial charge in [-0.3, -0.25) is 0 Å². The summed E-state index contributed by atoms with van der Waals surface area (Å²) < 4.78 is 0. The molecule has 2 aliphatic rings. The molecule has 9 aromatic rings. The van der Waals surface area contributed by atoms with E-state index in [4.69, 9.17) is 4.98 Å². The molecule has 2 aliphatic carbocycles. The van der Waals surface area contributed by atoms with Crippen LogP contribution in [-0.2, 0) is 5.41 Å². The van der Waals surface area contributed by atoms with Crippen molar-refractivity contribution in [2.24, 2.45) is 0 Å². The van der Waals surface area contributed by atoms with Crippen LogP contribution in [0, 0.1) is 0 Å². The lowest BCUT2D eigenvalue weighted by Gasteiger charge is -2.31. The molecular weight excluding hydrogens is 615 g/mol. The van der Waals surface area contributed by atoms with E-state index in [0.29, 0.717) is 0 Å². The van der Waals surface area contributed by atoms with Gasteiger partial charge in [-0.25, -0.2) is 4.98 Å². The fourth-order valence-electron chi connectivity index (χ4n) is 9.22. The minimum Gasteiger partial charge on any atom is -0.248 e. The molecule has 236 valence electrons. The molecule has 0 saturated carbocycles. The predicted molar refractivity (Wildman–Crippen MR) is 212 cm³/mol. The van der Waals surface area contributed by atoms with E-state index in [1.165, 1.54) is 71.6 Å². The zero-order chi connectivity index (χ0) is 33.5. The Morgan fingerprint density at radius 3 is 1.53 bits per heavy atom. The third-order valence-corrected chi connectivity index (χ3v) is 11.3. The van der Waals surface area contributed by atoms with Crippen LogP contribution in [0.15, 0.2) is 188 Å². The molecule has 0 radical (unpaired) electrons. The number of hydrogen-bond donors (Lipinski definition) is 0. The van der Waals surface area contributed by atoms with Crippen LogP contribution < -0.4 is 0 Å². The van der Waals surface area contributed by atoms with E-state index < -0.39 is 5.41 Å². The van der Waals surface area contributed by atoms with Crippen molar-refractivity contribution in [3.05, 3.63) is 210 Å². The zero-order valence-electron chi connectivity index (χ0n) is 27.8. The van der Waals surface area contributed by atoms with Gasteiger partial charge in [-0.2, -0.15) is 0 Å². The number of benzene rings is 8. The van der Waals surface area contributed by atoms with Crippen molar-refractivity contribution in [3.8, 4) is 55.9 Å². The molecule has 1 heteroatoms. The van der Waals surface area contributed by atoms with Crippen molar-refractivity contribution in [3.63, 3.8) is 0 Å². The Labute approximate surface area is 297 Å². The summed E-state index contributed by atoms with van der Waals surface area (Å²) in [7, 11) is 0. The minimum atomic E-state index is -0.397. The third-order valence-electron chi connectivity index (χ3n) is 11.3. The highest BCUT2D eigenvalue weighted by molar-refractivity contribution is 6.18. The summed E-state index contributed by atoms with van der Waals surface area (Å²) in [5, 5.41) is 5.37. The molecule has 0 N–H and O–H groups in total. The molecule has 0 amide bonds. The highest BCUT2D eigenvalue weighted by Crippen LogP contribution is 2.63. The number of pyridine rings is 1. The Bertz CT molecular complexity index is 2730. The smallest absolute Gasteiger partial charge is 0.0726 e. The molecule has 1 nitrogen and oxygen atoms in total. The van der Waals surface area contributed by atoms with E-state index in [9.17, 15) is 0 Å². The van der Waals surface area contributed by atoms with Crippen LogP contribution in [0.4, 0.5) is 0 Å². The topological polar surface area (TPSA) is 12.9 Å². The first-order valence-corrected chi connectivity index (χ1v) is 17.7. The summed E-state index contributed by atoms with van der Waals surface area (Å²) in [5.74, 6) is 0. The van der Waals surface area contributed by atoms with Gasteiger partial charge in [0.2, 0.25) is 0 Å². The van der Waals surface area contributed by atoms with Crippen LogP contribution in [0.5, 0.6) is 0 Å². The van der Waals surface area contributed by atoms with Crippen LogP contribution >= 0.6 is 0 Å². The normalized spacial score (nSPS) is 13.3. The summed E-state index contributed by atoms with van der Waals surface area (Å²) in [6.07, 6.45) is 0. The first-order chi connectivity index (χ1) is 25.3. The van der Waals surface area contributed by atoms with Crippen molar-refractivity contribution < 1.29 is 0 Å².